The van der Waals surface area contributed by atoms with E-state index in [9.17, 15) is 4.79 Å². The number of benzene rings is 1. The fraction of sp³-hybridized carbons (Fsp3) is 0.133. The van der Waals surface area contributed by atoms with Crippen LogP contribution in [0.3, 0.4) is 0 Å². The molecule has 6 heteroatoms. The first kappa shape index (κ1) is 13.1. The Morgan fingerprint density at radius 1 is 1.19 bits per heavy atom. The second-order valence-corrected chi connectivity index (χ2v) is 4.57. The topological polar surface area (TPSA) is 75.6 Å². The minimum atomic E-state index is -0.143. The number of H-pyrrole nitrogens is 1. The van der Waals surface area contributed by atoms with E-state index in [1.165, 1.54) is 0 Å². The van der Waals surface area contributed by atoms with Gasteiger partial charge < -0.3 is 10.3 Å². The van der Waals surface area contributed by atoms with Crippen LogP contribution in [0.5, 0.6) is 0 Å². The van der Waals surface area contributed by atoms with Crippen LogP contribution in [0.25, 0.3) is 5.69 Å². The fourth-order valence-electron chi connectivity index (χ4n) is 2.08. The molecule has 3 aromatic rings. The molecule has 1 aromatic carbocycles. The Kier molecular flexibility index (Phi) is 3.77. The minimum Gasteiger partial charge on any atom is -0.350 e. The second kappa shape index (κ2) is 6.04. The molecule has 0 saturated heterocycles. The minimum absolute atomic E-state index is 0.143. The van der Waals surface area contributed by atoms with E-state index in [4.69, 9.17) is 0 Å². The lowest BCUT2D eigenvalue weighted by molar-refractivity contribution is 0.0947. The van der Waals surface area contributed by atoms with Crippen molar-refractivity contribution in [1.82, 2.24) is 24.8 Å². The summed E-state index contributed by atoms with van der Waals surface area (Å²) in [6.45, 7) is 0.543. The summed E-state index contributed by atoms with van der Waals surface area (Å²) in [7, 11) is 0. The van der Waals surface area contributed by atoms with Crippen LogP contribution in [0.15, 0.2) is 55.4 Å². The van der Waals surface area contributed by atoms with Crippen molar-refractivity contribution in [2.24, 2.45) is 0 Å². The number of hydrogen-bond donors (Lipinski definition) is 2. The molecule has 2 heterocycles. The first-order valence-electron chi connectivity index (χ1n) is 6.68. The van der Waals surface area contributed by atoms with Crippen LogP contribution in [0.4, 0.5) is 0 Å². The molecule has 0 fully saturated rings. The summed E-state index contributed by atoms with van der Waals surface area (Å²) in [4.78, 5) is 23.2. The van der Waals surface area contributed by atoms with Crippen LogP contribution in [0.2, 0.25) is 0 Å². The first-order valence-corrected chi connectivity index (χ1v) is 6.68. The number of nitrogens with one attached hydrogen (secondary N) is 2. The van der Waals surface area contributed by atoms with Crippen molar-refractivity contribution >= 4 is 5.91 Å². The molecule has 0 aliphatic rings. The van der Waals surface area contributed by atoms with E-state index < -0.39 is 0 Å². The highest BCUT2D eigenvalue weighted by Crippen LogP contribution is 2.10. The third kappa shape index (κ3) is 3.00. The molecule has 2 N–H and O–H groups in total. The van der Waals surface area contributed by atoms with Gasteiger partial charge in [-0.2, -0.15) is 0 Å². The summed E-state index contributed by atoms with van der Waals surface area (Å²) in [6.07, 6.45) is 7.30. The third-order valence-corrected chi connectivity index (χ3v) is 3.14. The molecule has 0 aliphatic carbocycles. The van der Waals surface area contributed by atoms with Crippen molar-refractivity contribution in [2.75, 3.05) is 6.54 Å². The fourth-order valence-corrected chi connectivity index (χ4v) is 2.08. The lowest BCUT2D eigenvalue weighted by atomic mass is 10.3. The maximum Gasteiger partial charge on any atom is 0.269 e. The van der Waals surface area contributed by atoms with Crippen LogP contribution < -0.4 is 5.32 Å². The van der Waals surface area contributed by atoms with Crippen molar-refractivity contribution in [1.29, 1.82) is 0 Å². The number of rotatable bonds is 5. The largest absolute Gasteiger partial charge is 0.350 e. The van der Waals surface area contributed by atoms with Crippen LogP contribution >= 0.6 is 0 Å². The van der Waals surface area contributed by atoms with Gasteiger partial charge in [-0.1, -0.05) is 18.2 Å². The van der Waals surface area contributed by atoms with Gasteiger partial charge in [0.1, 0.15) is 5.69 Å². The number of carbonyl (C=O) groups excluding carboxylic acids is 1. The zero-order valence-corrected chi connectivity index (χ0v) is 11.4. The molecule has 106 valence electrons. The summed E-state index contributed by atoms with van der Waals surface area (Å²) in [6, 6.07) is 9.65. The summed E-state index contributed by atoms with van der Waals surface area (Å²) >= 11 is 0. The number of aromatic nitrogens is 4. The molecule has 1 amide bonds. The van der Waals surface area contributed by atoms with Gasteiger partial charge in [-0.05, 0) is 12.1 Å². The standard InChI is InChI=1S/C15H15N5O/c21-15(18-7-6-12-8-16-10-19-12)14-9-17-11-20(14)13-4-2-1-3-5-13/h1-5,8-11H,6-7H2,(H,16,19)(H,18,21). The highest BCUT2D eigenvalue weighted by atomic mass is 16.1. The molecular weight excluding hydrogens is 266 g/mol. The Bertz CT molecular complexity index is 703. The molecule has 0 atom stereocenters. The zero-order chi connectivity index (χ0) is 14.5. The van der Waals surface area contributed by atoms with E-state index in [2.05, 4.69) is 20.3 Å². The van der Waals surface area contributed by atoms with Gasteiger partial charge in [-0.15, -0.1) is 0 Å². The van der Waals surface area contributed by atoms with Crippen molar-refractivity contribution in [3.8, 4) is 5.69 Å². The molecule has 6 nitrogen and oxygen atoms in total. The van der Waals surface area contributed by atoms with E-state index in [1.54, 1.807) is 29.6 Å². The van der Waals surface area contributed by atoms with Gasteiger partial charge in [-0.25, -0.2) is 9.97 Å². The summed E-state index contributed by atoms with van der Waals surface area (Å²) < 4.78 is 1.77. The van der Waals surface area contributed by atoms with Gasteiger partial charge in [-0.3, -0.25) is 9.36 Å². The molecule has 0 unspecified atom stereocenters. The average Bonchev–Trinajstić information content (AvgIpc) is 3.19. The second-order valence-electron chi connectivity index (χ2n) is 4.57. The van der Waals surface area contributed by atoms with Crippen LogP contribution in [0.1, 0.15) is 16.2 Å². The SMILES string of the molecule is O=C(NCCc1cnc[nH]1)c1cncn1-c1ccccc1. The highest BCUT2D eigenvalue weighted by Gasteiger charge is 2.12. The lowest BCUT2D eigenvalue weighted by Crippen LogP contribution is -2.27. The van der Waals surface area contributed by atoms with E-state index >= 15 is 0 Å². The summed E-state index contributed by atoms with van der Waals surface area (Å²) in [5.74, 6) is -0.143. The molecule has 21 heavy (non-hydrogen) atoms. The monoisotopic (exact) mass is 281 g/mol. The molecule has 0 bridgehead atoms. The summed E-state index contributed by atoms with van der Waals surface area (Å²) in [5.41, 5.74) is 2.42. The first-order chi connectivity index (χ1) is 10.3. The predicted molar refractivity (Wildman–Crippen MR) is 78.2 cm³/mol. The molecular formula is C15H15N5O. The van der Waals surface area contributed by atoms with Gasteiger partial charge in [0.05, 0.1) is 18.9 Å². The number of imidazole rings is 2. The number of aromatic amines is 1. The molecule has 0 radical (unpaired) electrons. The van der Waals surface area contributed by atoms with E-state index in [0.717, 1.165) is 11.4 Å². The Morgan fingerprint density at radius 2 is 2.05 bits per heavy atom. The molecule has 2 aromatic heterocycles. The van der Waals surface area contributed by atoms with Gasteiger partial charge in [0.2, 0.25) is 0 Å². The van der Waals surface area contributed by atoms with E-state index in [1.807, 2.05) is 30.3 Å². The zero-order valence-electron chi connectivity index (χ0n) is 11.4. The molecule has 0 aliphatic heterocycles. The third-order valence-electron chi connectivity index (χ3n) is 3.14. The quantitative estimate of drug-likeness (QED) is 0.745. The van der Waals surface area contributed by atoms with Gasteiger partial charge in [0.25, 0.3) is 5.91 Å². The molecule has 0 saturated carbocycles. The number of para-hydroxylation sites is 1. The van der Waals surface area contributed by atoms with Crippen molar-refractivity contribution in [2.45, 2.75) is 6.42 Å². The van der Waals surface area contributed by atoms with Crippen LogP contribution in [-0.4, -0.2) is 32.0 Å². The van der Waals surface area contributed by atoms with E-state index in [-0.39, 0.29) is 5.91 Å². The normalized spacial score (nSPS) is 10.5. The summed E-state index contributed by atoms with van der Waals surface area (Å²) in [5, 5.41) is 2.89. The predicted octanol–water partition coefficient (Wildman–Crippen LogP) is 1.57. The van der Waals surface area contributed by atoms with Crippen molar-refractivity contribution < 1.29 is 4.79 Å². The maximum atomic E-state index is 12.2. The molecule has 0 spiro atoms. The number of amides is 1. The average molecular weight is 281 g/mol. The van der Waals surface area contributed by atoms with Crippen molar-refractivity contribution in [3.63, 3.8) is 0 Å². The highest BCUT2D eigenvalue weighted by molar-refractivity contribution is 5.92. The van der Waals surface area contributed by atoms with Gasteiger partial charge in [0, 0.05) is 30.5 Å². The Morgan fingerprint density at radius 3 is 2.81 bits per heavy atom. The Hall–Kier alpha value is -2.89. The van der Waals surface area contributed by atoms with Crippen LogP contribution in [0, 0.1) is 0 Å². The lowest BCUT2D eigenvalue weighted by Gasteiger charge is -2.08. The molecule has 3 rings (SSSR count). The Balaban J connectivity index is 1.67. The van der Waals surface area contributed by atoms with Gasteiger partial charge >= 0.3 is 0 Å². The Labute approximate surface area is 121 Å². The maximum absolute atomic E-state index is 12.2. The number of carbonyl (C=O) groups is 1. The van der Waals surface area contributed by atoms with Crippen LogP contribution in [-0.2, 0) is 6.42 Å². The van der Waals surface area contributed by atoms with Crippen molar-refractivity contribution in [3.05, 3.63) is 66.8 Å². The van der Waals surface area contributed by atoms with Gasteiger partial charge in [0.15, 0.2) is 0 Å². The van der Waals surface area contributed by atoms with E-state index in [0.29, 0.717) is 18.7 Å². The number of hydrogen-bond acceptors (Lipinski definition) is 3. The smallest absolute Gasteiger partial charge is 0.269 e. The number of nitrogens with zero attached hydrogens (tertiary/aromatic N) is 3.